The van der Waals surface area contributed by atoms with Crippen LogP contribution in [0.15, 0.2) is 79.1 Å². The first-order chi connectivity index (χ1) is 17.3. The lowest BCUT2D eigenvalue weighted by atomic mass is 9.92. The minimum atomic E-state index is -0.390. The van der Waals surface area contributed by atoms with Gasteiger partial charge in [0.15, 0.2) is 0 Å². The Bertz CT molecular complexity index is 1280. The van der Waals surface area contributed by atoms with Crippen LogP contribution in [0.2, 0.25) is 0 Å². The highest BCUT2D eigenvalue weighted by Gasteiger charge is 2.21. The summed E-state index contributed by atoms with van der Waals surface area (Å²) in [5.41, 5.74) is 2.95. The van der Waals surface area contributed by atoms with Crippen molar-refractivity contribution in [1.29, 1.82) is 0 Å². The van der Waals surface area contributed by atoms with Crippen molar-refractivity contribution in [3.8, 4) is 17.2 Å². The van der Waals surface area contributed by atoms with Crippen LogP contribution in [0.4, 0.5) is 22.0 Å². The van der Waals surface area contributed by atoms with E-state index in [1.54, 1.807) is 47.4 Å². The number of nitrogens with zero attached hydrogens (tertiary/aromatic N) is 3. The third-order valence-corrected chi connectivity index (χ3v) is 5.25. The summed E-state index contributed by atoms with van der Waals surface area (Å²) >= 11 is 0. The number of benzene rings is 2. The van der Waals surface area contributed by atoms with Crippen molar-refractivity contribution >= 4 is 23.2 Å². The lowest BCUT2D eigenvalue weighted by Gasteiger charge is -2.14. The molecule has 186 valence electrons. The van der Waals surface area contributed by atoms with E-state index in [1.807, 2.05) is 36.4 Å². The summed E-state index contributed by atoms with van der Waals surface area (Å²) in [5.74, 6) is 1.82. The molecule has 0 atom stereocenters. The number of aromatic nitrogens is 3. The molecule has 0 radical (unpaired) electrons. The molecule has 0 saturated heterocycles. The van der Waals surface area contributed by atoms with E-state index in [1.165, 1.54) is 0 Å². The molecule has 0 spiro atoms. The topological polar surface area (TPSA) is 113 Å². The largest absolute Gasteiger partial charge is 0.456 e. The number of carbonyl (C=O) groups is 1. The molecule has 0 aliphatic heterocycles. The quantitative estimate of drug-likeness (QED) is 0.265. The van der Waals surface area contributed by atoms with Crippen LogP contribution in [-0.2, 0) is 5.41 Å². The number of rotatable bonds is 8. The Kier molecular flexibility index (Phi) is 7.50. The average molecular weight is 487 g/mol. The van der Waals surface area contributed by atoms with Gasteiger partial charge in [-0.25, -0.2) is 9.48 Å². The van der Waals surface area contributed by atoms with E-state index in [4.69, 9.17) is 14.9 Å². The lowest BCUT2D eigenvalue weighted by Crippen LogP contribution is -2.21. The van der Waals surface area contributed by atoms with Gasteiger partial charge >= 0.3 is 6.03 Å². The van der Waals surface area contributed by atoms with Gasteiger partial charge in [-0.3, -0.25) is 10.3 Å². The number of hydrogen-bond donors (Lipinski definition) is 4. The van der Waals surface area contributed by atoms with Crippen LogP contribution < -0.4 is 20.7 Å². The number of aliphatic hydroxyl groups excluding tert-OH is 1. The van der Waals surface area contributed by atoms with Crippen molar-refractivity contribution < 1.29 is 14.6 Å². The average Bonchev–Trinajstić information content (AvgIpc) is 3.29. The molecule has 4 rings (SSSR count). The Hall–Kier alpha value is -4.37. The van der Waals surface area contributed by atoms with E-state index in [-0.39, 0.29) is 12.0 Å². The van der Waals surface area contributed by atoms with E-state index < -0.39 is 6.03 Å². The normalized spacial score (nSPS) is 11.1. The van der Waals surface area contributed by atoms with Crippen molar-refractivity contribution in [3.63, 3.8) is 0 Å². The molecule has 2 heterocycles. The van der Waals surface area contributed by atoms with Crippen LogP contribution in [0.1, 0.15) is 26.5 Å². The summed E-state index contributed by atoms with van der Waals surface area (Å²) in [6.45, 7) is 6.74. The SMILES string of the molecule is CC(C)(C)c1cc(NC(=O)Nc2ccc(Oc3cccnc3)cc2)n(-c2ccc(NCCO)cc2)n1. The van der Waals surface area contributed by atoms with Crippen molar-refractivity contribution in [2.45, 2.75) is 26.2 Å². The summed E-state index contributed by atoms with van der Waals surface area (Å²) in [4.78, 5) is 16.9. The highest BCUT2D eigenvalue weighted by Crippen LogP contribution is 2.27. The number of nitrogens with one attached hydrogen (secondary N) is 3. The van der Waals surface area contributed by atoms with Crippen molar-refractivity contribution in [2.75, 3.05) is 29.1 Å². The van der Waals surface area contributed by atoms with Crippen LogP contribution in [-0.4, -0.2) is 39.1 Å². The zero-order chi connectivity index (χ0) is 25.5. The Morgan fingerprint density at radius 2 is 1.69 bits per heavy atom. The second kappa shape index (κ2) is 10.9. The Morgan fingerprint density at radius 3 is 2.33 bits per heavy atom. The zero-order valence-corrected chi connectivity index (χ0v) is 20.5. The summed E-state index contributed by atoms with van der Waals surface area (Å²) in [6.07, 6.45) is 3.31. The predicted octanol–water partition coefficient (Wildman–Crippen LogP) is 5.41. The maximum atomic E-state index is 12.8. The number of anilines is 3. The van der Waals surface area contributed by atoms with Crippen LogP contribution in [0.5, 0.6) is 11.5 Å². The second-order valence-electron chi connectivity index (χ2n) is 9.17. The standard InChI is InChI=1S/C27H30N6O3/c1-27(2,3)24-17-25(33(32-24)21-10-6-19(7-11-21)29-15-16-34)31-26(35)30-20-8-12-22(13-9-20)36-23-5-4-14-28-18-23/h4-14,17-18,29,34H,15-16H2,1-3H3,(H2,30,31,35). The summed E-state index contributed by atoms with van der Waals surface area (Å²) < 4.78 is 7.45. The number of aliphatic hydroxyl groups is 1. The van der Waals surface area contributed by atoms with E-state index in [0.717, 1.165) is 17.1 Å². The monoisotopic (exact) mass is 486 g/mol. The van der Waals surface area contributed by atoms with Crippen molar-refractivity contribution in [1.82, 2.24) is 14.8 Å². The highest BCUT2D eigenvalue weighted by atomic mass is 16.5. The van der Waals surface area contributed by atoms with Gasteiger partial charge in [-0.15, -0.1) is 0 Å². The Labute approximate surface area is 210 Å². The number of hydrogen-bond acceptors (Lipinski definition) is 6. The third kappa shape index (κ3) is 6.39. The van der Waals surface area contributed by atoms with Gasteiger partial charge < -0.3 is 20.5 Å². The van der Waals surface area contributed by atoms with E-state index in [9.17, 15) is 4.79 Å². The molecular weight excluding hydrogens is 456 g/mol. The summed E-state index contributed by atoms with van der Waals surface area (Å²) in [6, 6.07) is 19.8. The number of urea groups is 1. The molecule has 0 aliphatic carbocycles. The molecule has 4 N–H and O–H groups in total. The first-order valence-electron chi connectivity index (χ1n) is 11.6. The fourth-order valence-electron chi connectivity index (χ4n) is 3.38. The molecule has 0 unspecified atom stereocenters. The fraction of sp³-hybridized carbons (Fsp3) is 0.222. The van der Waals surface area contributed by atoms with Crippen LogP contribution in [0, 0.1) is 0 Å². The minimum absolute atomic E-state index is 0.0548. The van der Waals surface area contributed by atoms with Gasteiger partial charge in [-0.1, -0.05) is 20.8 Å². The van der Waals surface area contributed by atoms with E-state index in [0.29, 0.717) is 29.5 Å². The molecule has 0 saturated carbocycles. The molecule has 0 aliphatic rings. The Morgan fingerprint density at radius 1 is 0.972 bits per heavy atom. The highest BCUT2D eigenvalue weighted by molar-refractivity contribution is 5.99. The molecule has 36 heavy (non-hydrogen) atoms. The van der Waals surface area contributed by atoms with Gasteiger partial charge in [0.25, 0.3) is 0 Å². The number of carbonyl (C=O) groups excluding carboxylic acids is 1. The molecular formula is C27H30N6O3. The summed E-state index contributed by atoms with van der Waals surface area (Å²) in [7, 11) is 0. The van der Waals surface area contributed by atoms with E-state index in [2.05, 4.69) is 41.7 Å². The minimum Gasteiger partial charge on any atom is -0.456 e. The van der Waals surface area contributed by atoms with Gasteiger partial charge in [0.1, 0.15) is 17.3 Å². The molecule has 4 aromatic rings. The number of ether oxygens (including phenoxy) is 1. The second-order valence-corrected chi connectivity index (χ2v) is 9.17. The molecule has 9 nitrogen and oxygen atoms in total. The maximum Gasteiger partial charge on any atom is 0.324 e. The molecule has 2 aromatic carbocycles. The van der Waals surface area contributed by atoms with Crippen molar-refractivity contribution in [2.24, 2.45) is 0 Å². The first kappa shape index (κ1) is 24.7. The van der Waals surface area contributed by atoms with Gasteiger partial charge in [0, 0.05) is 35.6 Å². The molecule has 9 heteroatoms. The van der Waals surface area contributed by atoms with Crippen LogP contribution in [0.3, 0.4) is 0 Å². The van der Waals surface area contributed by atoms with Gasteiger partial charge in [0.2, 0.25) is 0 Å². The molecule has 0 fully saturated rings. The van der Waals surface area contributed by atoms with Crippen LogP contribution >= 0.6 is 0 Å². The fourth-order valence-corrected chi connectivity index (χ4v) is 3.38. The summed E-state index contributed by atoms with van der Waals surface area (Å²) in [5, 5.41) is 22.6. The predicted molar refractivity (Wildman–Crippen MR) is 141 cm³/mol. The van der Waals surface area contributed by atoms with Gasteiger partial charge in [0.05, 0.1) is 24.2 Å². The van der Waals surface area contributed by atoms with Crippen LogP contribution in [0.25, 0.3) is 5.69 Å². The number of pyridine rings is 1. The molecule has 2 aromatic heterocycles. The molecule has 2 amide bonds. The molecule has 0 bridgehead atoms. The van der Waals surface area contributed by atoms with Crippen molar-refractivity contribution in [3.05, 3.63) is 84.8 Å². The maximum absolute atomic E-state index is 12.8. The van der Waals surface area contributed by atoms with Gasteiger partial charge in [-0.2, -0.15) is 5.10 Å². The van der Waals surface area contributed by atoms with E-state index >= 15 is 0 Å². The zero-order valence-electron chi connectivity index (χ0n) is 20.5. The van der Waals surface area contributed by atoms with Gasteiger partial charge in [-0.05, 0) is 60.7 Å². The first-order valence-corrected chi connectivity index (χ1v) is 11.6. The number of amides is 2. The smallest absolute Gasteiger partial charge is 0.324 e. The third-order valence-electron chi connectivity index (χ3n) is 5.25. The lowest BCUT2D eigenvalue weighted by molar-refractivity contribution is 0.262. The Balaban J connectivity index is 1.47.